The van der Waals surface area contributed by atoms with Crippen LogP contribution in [-0.4, -0.2) is 24.0 Å². The number of hydrogen-bond acceptors (Lipinski definition) is 5. The van der Waals surface area contributed by atoms with E-state index >= 15 is 0 Å². The molecule has 0 saturated heterocycles. The lowest BCUT2D eigenvalue weighted by atomic mass is 10.1. The van der Waals surface area contributed by atoms with E-state index in [-0.39, 0.29) is 11.8 Å². The lowest BCUT2D eigenvalue weighted by molar-refractivity contribution is -0.119. The third-order valence-electron chi connectivity index (χ3n) is 2.95. The van der Waals surface area contributed by atoms with Crippen LogP contribution in [0, 0.1) is 5.92 Å². The molecule has 1 unspecified atom stereocenters. The molecule has 0 aliphatic heterocycles. The van der Waals surface area contributed by atoms with Crippen LogP contribution in [0.2, 0.25) is 0 Å². The van der Waals surface area contributed by atoms with Crippen molar-refractivity contribution in [1.29, 1.82) is 0 Å². The highest BCUT2D eigenvalue weighted by Crippen LogP contribution is 2.29. The number of rotatable bonds is 6. The van der Waals surface area contributed by atoms with Gasteiger partial charge in [-0.25, -0.2) is 4.98 Å². The number of amides is 1. The van der Waals surface area contributed by atoms with Gasteiger partial charge in [0.1, 0.15) is 5.75 Å². The third-order valence-corrected chi connectivity index (χ3v) is 3.88. The van der Waals surface area contributed by atoms with E-state index in [0.29, 0.717) is 24.7 Å². The molecular weight excluding hydrogens is 274 g/mol. The highest BCUT2D eigenvalue weighted by atomic mass is 32.1. The quantitative estimate of drug-likeness (QED) is 0.858. The summed E-state index contributed by atoms with van der Waals surface area (Å²) in [6.45, 7) is 4.95. The predicted octanol–water partition coefficient (Wildman–Crippen LogP) is 2.62. The number of nitrogens with two attached hydrogens (primary N) is 1. The van der Waals surface area contributed by atoms with Gasteiger partial charge in [0.05, 0.1) is 16.8 Å². The van der Waals surface area contributed by atoms with Crippen molar-refractivity contribution in [3.05, 3.63) is 18.2 Å². The number of nitrogens with one attached hydrogen (secondary N) is 1. The molecule has 0 spiro atoms. The Morgan fingerprint density at radius 1 is 1.55 bits per heavy atom. The lowest BCUT2D eigenvalue weighted by Gasteiger charge is -2.08. The molecule has 0 aliphatic carbocycles. The molecule has 1 aromatic heterocycles. The minimum atomic E-state index is -0.106. The molecule has 5 nitrogen and oxygen atoms in total. The van der Waals surface area contributed by atoms with Crippen molar-refractivity contribution in [2.24, 2.45) is 11.7 Å². The average Bonchev–Trinajstić information content (AvgIpc) is 2.80. The number of carbonyl (C=O) groups is 1. The summed E-state index contributed by atoms with van der Waals surface area (Å²) < 4.78 is 6.45. The molecule has 1 atom stereocenters. The maximum Gasteiger partial charge on any atom is 0.229 e. The van der Waals surface area contributed by atoms with Gasteiger partial charge in [0, 0.05) is 5.92 Å². The summed E-state index contributed by atoms with van der Waals surface area (Å²) in [6.07, 6.45) is 0.672. The molecule has 0 bridgehead atoms. The highest BCUT2D eigenvalue weighted by Gasteiger charge is 2.14. The Morgan fingerprint density at radius 3 is 3.05 bits per heavy atom. The summed E-state index contributed by atoms with van der Waals surface area (Å²) in [5.74, 6) is 0.670. The normalized spacial score (nSPS) is 12.3. The number of aromatic nitrogens is 1. The Kier molecular flexibility index (Phi) is 4.92. The Hall–Kier alpha value is -1.66. The van der Waals surface area contributed by atoms with E-state index in [9.17, 15) is 4.79 Å². The zero-order valence-corrected chi connectivity index (χ0v) is 12.5. The lowest BCUT2D eigenvalue weighted by Crippen LogP contribution is -2.22. The number of anilines is 1. The molecular formula is C14H19N3O2S. The topological polar surface area (TPSA) is 77.2 Å². The summed E-state index contributed by atoms with van der Waals surface area (Å²) >= 11 is 1.45. The molecule has 2 aromatic rings. The van der Waals surface area contributed by atoms with Crippen molar-refractivity contribution < 1.29 is 9.53 Å². The first-order chi connectivity index (χ1) is 9.63. The van der Waals surface area contributed by atoms with Crippen LogP contribution in [0.25, 0.3) is 10.2 Å². The fraction of sp³-hybridized carbons (Fsp3) is 0.429. The van der Waals surface area contributed by atoms with Gasteiger partial charge in [0.15, 0.2) is 5.13 Å². The second kappa shape index (κ2) is 6.67. The molecule has 20 heavy (non-hydrogen) atoms. The molecule has 0 fully saturated rings. The Balaban J connectivity index is 2.13. The zero-order chi connectivity index (χ0) is 14.5. The standard InChI is InChI=1S/C14H19N3O2S/c1-3-19-10-4-5-11-12(8-10)20-14(16-11)17-13(18)9(2)6-7-15/h4-5,8-9H,3,6-7,15H2,1-2H3,(H,16,17,18). The fourth-order valence-electron chi connectivity index (χ4n) is 1.82. The summed E-state index contributed by atoms with van der Waals surface area (Å²) in [5, 5.41) is 3.45. The van der Waals surface area contributed by atoms with E-state index < -0.39 is 0 Å². The smallest absolute Gasteiger partial charge is 0.229 e. The van der Waals surface area contributed by atoms with Gasteiger partial charge < -0.3 is 15.8 Å². The van der Waals surface area contributed by atoms with Gasteiger partial charge in [-0.05, 0) is 38.1 Å². The third kappa shape index (κ3) is 3.46. The van der Waals surface area contributed by atoms with Crippen molar-refractivity contribution in [3.63, 3.8) is 0 Å². The maximum absolute atomic E-state index is 11.9. The van der Waals surface area contributed by atoms with E-state index in [1.54, 1.807) is 0 Å². The summed E-state index contributed by atoms with van der Waals surface area (Å²) in [5.41, 5.74) is 6.32. The minimum absolute atomic E-state index is 0.0421. The van der Waals surface area contributed by atoms with Crippen LogP contribution in [0.1, 0.15) is 20.3 Å². The van der Waals surface area contributed by atoms with E-state index in [0.717, 1.165) is 16.0 Å². The maximum atomic E-state index is 11.9. The van der Waals surface area contributed by atoms with Gasteiger partial charge in [-0.15, -0.1) is 0 Å². The van der Waals surface area contributed by atoms with Crippen molar-refractivity contribution >= 4 is 32.6 Å². The molecule has 0 aliphatic rings. The van der Waals surface area contributed by atoms with E-state index in [1.807, 2.05) is 32.0 Å². The van der Waals surface area contributed by atoms with Crippen molar-refractivity contribution in [2.75, 3.05) is 18.5 Å². The number of hydrogen-bond donors (Lipinski definition) is 2. The Morgan fingerprint density at radius 2 is 2.35 bits per heavy atom. The number of carbonyl (C=O) groups excluding carboxylic acids is 1. The number of benzene rings is 1. The first kappa shape index (κ1) is 14.7. The number of fused-ring (bicyclic) bond motifs is 1. The minimum Gasteiger partial charge on any atom is -0.494 e. The largest absolute Gasteiger partial charge is 0.494 e. The van der Waals surface area contributed by atoms with Crippen LogP contribution in [-0.2, 0) is 4.79 Å². The van der Waals surface area contributed by atoms with Crippen LogP contribution in [0.5, 0.6) is 5.75 Å². The number of nitrogens with zero attached hydrogens (tertiary/aromatic N) is 1. The van der Waals surface area contributed by atoms with Crippen LogP contribution in [0.15, 0.2) is 18.2 Å². The number of ether oxygens (including phenoxy) is 1. The fourth-order valence-corrected chi connectivity index (χ4v) is 2.72. The highest BCUT2D eigenvalue weighted by molar-refractivity contribution is 7.22. The molecule has 1 aromatic carbocycles. The van der Waals surface area contributed by atoms with Gasteiger partial charge >= 0.3 is 0 Å². The molecule has 3 N–H and O–H groups in total. The first-order valence-electron chi connectivity index (χ1n) is 6.68. The van der Waals surface area contributed by atoms with Gasteiger partial charge in [-0.3, -0.25) is 4.79 Å². The van der Waals surface area contributed by atoms with Gasteiger partial charge in [-0.1, -0.05) is 18.3 Å². The SMILES string of the molecule is CCOc1ccc2nc(NC(=O)C(C)CCN)sc2c1. The van der Waals surface area contributed by atoms with Crippen LogP contribution in [0.3, 0.4) is 0 Å². The first-order valence-corrected chi connectivity index (χ1v) is 7.50. The van der Waals surface area contributed by atoms with Crippen LogP contribution >= 0.6 is 11.3 Å². The van der Waals surface area contributed by atoms with Gasteiger partial charge in [-0.2, -0.15) is 0 Å². The number of thiazole rings is 1. The summed E-state index contributed by atoms with van der Waals surface area (Å²) in [6, 6.07) is 5.72. The summed E-state index contributed by atoms with van der Waals surface area (Å²) in [7, 11) is 0. The van der Waals surface area contributed by atoms with Crippen LogP contribution in [0.4, 0.5) is 5.13 Å². The second-order valence-corrected chi connectivity index (χ2v) is 5.58. The molecule has 2 rings (SSSR count). The molecule has 6 heteroatoms. The van der Waals surface area contributed by atoms with Crippen molar-refractivity contribution in [1.82, 2.24) is 4.98 Å². The summed E-state index contributed by atoms with van der Waals surface area (Å²) in [4.78, 5) is 16.3. The molecule has 0 radical (unpaired) electrons. The molecule has 1 heterocycles. The molecule has 1 amide bonds. The Bertz CT molecular complexity index is 597. The Labute approximate surface area is 122 Å². The van der Waals surface area contributed by atoms with E-state index in [1.165, 1.54) is 11.3 Å². The zero-order valence-electron chi connectivity index (χ0n) is 11.7. The van der Waals surface area contributed by atoms with Gasteiger partial charge in [0.25, 0.3) is 0 Å². The van der Waals surface area contributed by atoms with Gasteiger partial charge in [0.2, 0.25) is 5.91 Å². The monoisotopic (exact) mass is 293 g/mol. The van der Waals surface area contributed by atoms with E-state index in [2.05, 4.69) is 10.3 Å². The average molecular weight is 293 g/mol. The van der Waals surface area contributed by atoms with E-state index in [4.69, 9.17) is 10.5 Å². The van der Waals surface area contributed by atoms with Crippen molar-refractivity contribution in [3.8, 4) is 5.75 Å². The predicted molar refractivity (Wildman–Crippen MR) is 82.3 cm³/mol. The van der Waals surface area contributed by atoms with Crippen molar-refractivity contribution in [2.45, 2.75) is 20.3 Å². The second-order valence-electron chi connectivity index (χ2n) is 4.55. The molecule has 108 valence electrons. The molecule has 0 saturated carbocycles. The van der Waals surface area contributed by atoms with Crippen LogP contribution < -0.4 is 15.8 Å².